The van der Waals surface area contributed by atoms with Crippen LogP contribution in [0.4, 0.5) is 5.69 Å². The van der Waals surface area contributed by atoms with E-state index in [-0.39, 0.29) is 5.91 Å². The van der Waals surface area contributed by atoms with Crippen molar-refractivity contribution < 1.29 is 13.2 Å². The van der Waals surface area contributed by atoms with Crippen molar-refractivity contribution in [1.82, 2.24) is 15.1 Å². The molecule has 0 atom stereocenters. The van der Waals surface area contributed by atoms with Crippen LogP contribution in [0.3, 0.4) is 0 Å². The minimum Gasteiger partial charge on any atom is -0.334 e. The normalized spacial score (nSPS) is 13.8. The second-order valence-corrected chi connectivity index (χ2v) is 9.15. The summed E-state index contributed by atoms with van der Waals surface area (Å²) in [5, 5.41) is 8.18. The van der Waals surface area contributed by atoms with Gasteiger partial charge in [0.1, 0.15) is 0 Å². The first-order valence-corrected chi connectivity index (χ1v) is 11.3. The first kappa shape index (κ1) is 19.5. The molecule has 0 saturated heterocycles. The molecule has 7 nitrogen and oxygen atoms in total. The number of sulfonamides is 1. The summed E-state index contributed by atoms with van der Waals surface area (Å²) >= 11 is 5.98. The van der Waals surface area contributed by atoms with Crippen molar-refractivity contribution in [3.05, 3.63) is 70.4 Å². The monoisotopic (exact) mass is 430 g/mol. The molecule has 2 N–H and O–H groups in total. The lowest BCUT2D eigenvalue weighted by atomic mass is 10.0. The van der Waals surface area contributed by atoms with Gasteiger partial charge in [-0.05, 0) is 36.4 Å². The Kier molecular flexibility index (Phi) is 5.06. The predicted octanol–water partition coefficient (Wildman–Crippen LogP) is 3.30. The predicted molar refractivity (Wildman–Crippen MR) is 112 cm³/mol. The lowest BCUT2D eigenvalue weighted by molar-refractivity contribution is 0.0734. The van der Waals surface area contributed by atoms with Crippen molar-refractivity contribution in [2.45, 2.75) is 13.0 Å². The van der Waals surface area contributed by atoms with Crippen LogP contribution in [0.5, 0.6) is 0 Å². The maximum absolute atomic E-state index is 13.0. The third-order valence-electron chi connectivity index (χ3n) is 4.77. The number of amides is 1. The first-order chi connectivity index (χ1) is 13.8. The minimum atomic E-state index is -3.36. The van der Waals surface area contributed by atoms with Crippen LogP contribution in [0.25, 0.3) is 11.3 Å². The average Bonchev–Trinajstić information content (AvgIpc) is 3.10. The molecule has 2 heterocycles. The summed E-state index contributed by atoms with van der Waals surface area (Å²) in [7, 11) is -3.36. The molecule has 1 aliphatic rings. The molecule has 0 radical (unpaired) electrons. The van der Waals surface area contributed by atoms with Crippen molar-refractivity contribution in [2.75, 3.05) is 17.5 Å². The van der Waals surface area contributed by atoms with Crippen molar-refractivity contribution in [2.24, 2.45) is 0 Å². The van der Waals surface area contributed by atoms with Gasteiger partial charge >= 0.3 is 0 Å². The number of aromatic amines is 1. The number of nitrogens with zero attached hydrogens (tertiary/aromatic N) is 2. The number of aromatic nitrogens is 2. The van der Waals surface area contributed by atoms with Crippen LogP contribution < -0.4 is 4.72 Å². The fraction of sp³-hybridized carbons (Fsp3) is 0.200. The van der Waals surface area contributed by atoms with E-state index in [0.717, 1.165) is 28.8 Å². The SMILES string of the molecule is CS(=O)(=O)Nc1ccc(C(=O)N2CCc3[nH]nc(-c4ccc(Cl)cc4)c3C2)cc1. The van der Waals surface area contributed by atoms with Crippen LogP contribution >= 0.6 is 11.6 Å². The highest BCUT2D eigenvalue weighted by Gasteiger charge is 2.26. The second-order valence-electron chi connectivity index (χ2n) is 6.96. The number of anilines is 1. The van der Waals surface area contributed by atoms with Crippen molar-refractivity contribution in [3.63, 3.8) is 0 Å². The molecular formula is C20H19ClN4O3S. The Labute approximate surface area is 173 Å². The summed E-state index contributed by atoms with van der Waals surface area (Å²) < 4.78 is 25.0. The molecule has 29 heavy (non-hydrogen) atoms. The zero-order chi connectivity index (χ0) is 20.6. The number of hydrogen-bond donors (Lipinski definition) is 2. The van der Waals surface area contributed by atoms with E-state index in [4.69, 9.17) is 11.6 Å². The van der Waals surface area contributed by atoms with Gasteiger partial charge in [-0.1, -0.05) is 23.7 Å². The molecular weight excluding hydrogens is 412 g/mol. The molecule has 2 aromatic carbocycles. The highest BCUT2D eigenvalue weighted by Crippen LogP contribution is 2.29. The summed E-state index contributed by atoms with van der Waals surface area (Å²) in [4.78, 5) is 14.7. The van der Waals surface area contributed by atoms with Crippen molar-refractivity contribution in [1.29, 1.82) is 0 Å². The quantitative estimate of drug-likeness (QED) is 0.663. The lowest BCUT2D eigenvalue weighted by Gasteiger charge is -2.27. The van der Waals surface area contributed by atoms with Crippen LogP contribution in [0.2, 0.25) is 5.02 Å². The molecule has 1 aliphatic heterocycles. The molecule has 0 bridgehead atoms. The molecule has 1 amide bonds. The van der Waals surface area contributed by atoms with E-state index in [1.165, 1.54) is 0 Å². The van der Waals surface area contributed by atoms with Crippen LogP contribution in [0, 0.1) is 0 Å². The maximum atomic E-state index is 13.0. The highest BCUT2D eigenvalue weighted by molar-refractivity contribution is 7.92. The van der Waals surface area contributed by atoms with Crippen LogP contribution in [0.1, 0.15) is 21.6 Å². The molecule has 150 valence electrons. The number of halogens is 1. The highest BCUT2D eigenvalue weighted by atomic mass is 35.5. The van der Waals surface area contributed by atoms with Crippen LogP contribution in [-0.4, -0.2) is 42.2 Å². The van der Waals surface area contributed by atoms with Gasteiger partial charge in [-0.25, -0.2) is 8.42 Å². The molecule has 0 saturated carbocycles. The molecule has 0 fully saturated rings. The first-order valence-electron chi connectivity index (χ1n) is 8.99. The van der Waals surface area contributed by atoms with E-state index in [9.17, 15) is 13.2 Å². The Balaban J connectivity index is 1.54. The van der Waals surface area contributed by atoms with E-state index >= 15 is 0 Å². The van der Waals surface area contributed by atoms with Gasteiger partial charge in [0, 0.05) is 52.6 Å². The fourth-order valence-electron chi connectivity index (χ4n) is 3.39. The molecule has 3 aromatic rings. The van der Waals surface area contributed by atoms with Gasteiger partial charge in [0.25, 0.3) is 5.91 Å². The topological polar surface area (TPSA) is 95.2 Å². The van der Waals surface area contributed by atoms with Crippen LogP contribution in [-0.2, 0) is 23.0 Å². The molecule has 0 aliphatic carbocycles. The maximum Gasteiger partial charge on any atom is 0.254 e. The van der Waals surface area contributed by atoms with E-state index in [0.29, 0.717) is 35.8 Å². The van der Waals surface area contributed by atoms with E-state index in [1.54, 1.807) is 29.2 Å². The van der Waals surface area contributed by atoms with E-state index in [1.807, 2.05) is 24.3 Å². The van der Waals surface area contributed by atoms with E-state index in [2.05, 4.69) is 14.9 Å². The van der Waals surface area contributed by atoms with Crippen LogP contribution in [0.15, 0.2) is 48.5 Å². The Morgan fingerprint density at radius 1 is 1.14 bits per heavy atom. The fourth-order valence-corrected chi connectivity index (χ4v) is 4.08. The third-order valence-corrected chi connectivity index (χ3v) is 5.63. The molecule has 4 rings (SSSR count). The number of carbonyl (C=O) groups is 1. The number of H-pyrrole nitrogens is 1. The summed E-state index contributed by atoms with van der Waals surface area (Å²) in [6, 6.07) is 13.9. The number of fused-ring (bicyclic) bond motifs is 1. The van der Waals surface area contributed by atoms with Gasteiger partial charge in [-0.3, -0.25) is 14.6 Å². The Morgan fingerprint density at radius 3 is 2.48 bits per heavy atom. The van der Waals surface area contributed by atoms with Gasteiger partial charge in [0.05, 0.1) is 11.9 Å². The lowest BCUT2D eigenvalue weighted by Crippen LogP contribution is -2.35. The Bertz CT molecular complexity index is 1160. The zero-order valence-corrected chi connectivity index (χ0v) is 17.2. The van der Waals surface area contributed by atoms with E-state index < -0.39 is 10.0 Å². The molecule has 0 spiro atoms. The largest absolute Gasteiger partial charge is 0.334 e. The number of carbonyl (C=O) groups excluding carboxylic acids is 1. The molecule has 9 heteroatoms. The second kappa shape index (κ2) is 7.53. The van der Waals surface area contributed by atoms with Gasteiger partial charge in [0.2, 0.25) is 10.0 Å². The standard InChI is InChI=1S/C20H19ClN4O3S/c1-29(27,28)24-16-8-4-14(5-9-16)20(26)25-11-10-18-17(12-25)19(23-22-18)13-2-6-15(21)7-3-13/h2-9,24H,10-12H2,1H3,(H,22,23). The molecule has 1 aromatic heterocycles. The van der Waals surface area contributed by atoms with Gasteiger partial charge in [0.15, 0.2) is 0 Å². The third kappa shape index (κ3) is 4.28. The zero-order valence-electron chi connectivity index (χ0n) is 15.6. The van der Waals surface area contributed by atoms with Gasteiger partial charge in [-0.15, -0.1) is 0 Å². The number of nitrogens with one attached hydrogen (secondary N) is 2. The number of hydrogen-bond acceptors (Lipinski definition) is 4. The van der Waals surface area contributed by atoms with Crippen molar-refractivity contribution >= 4 is 33.2 Å². The summed E-state index contributed by atoms with van der Waals surface area (Å²) in [6.45, 7) is 1.03. The summed E-state index contributed by atoms with van der Waals surface area (Å²) in [5.41, 5.74) is 4.72. The summed E-state index contributed by atoms with van der Waals surface area (Å²) in [5.74, 6) is -0.107. The van der Waals surface area contributed by atoms with Crippen molar-refractivity contribution in [3.8, 4) is 11.3 Å². The smallest absolute Gasteiger partial charge is 0.254 e. The minimum absolute atomic E-state index is 0.107. The van der Waals surface area contributed by atoms with Gasteiger partial charge in [-0.2, -0.15) is 5.10 Å². The Morgan fingerprint density at radius 2 is 1.83 bits per heavy atom. The average molecular weight is 431 g/mol. The number of rotatable bonds is 4. The molecule has 0 unspecified atom stereocenters. The summed E-state index contributed by atoms with van der Waals surface area (Å²) in [6.07, 6.45) is 1.77. The van der Waals surface area contributed by atoms with Gasteiger partial charge < -0.3 is 4.90 Å². The number of benzene rings is 2. The Hall–Kier alpha value is -2.84.